The number of aryl methyl sites for hydroxylation is 1. The van der Waals surface area contributed by atoms with Crippen LogP contribution in [0, 0.1) is 6.92 Å². The lowest BCUT2D eigenvalue weighted by Crippen LogP contribution is -2.37. The van der Waals surface area contributed by atoms with Crippen molar-refractivity contribution >= 4 is 17.5 Å². The molecular weight excluding hydrogens is 282 g/mol. The SMILES string of the molecule is Cc1ccnc(NC(=O)c2ccc(N3CCOCC3)nn2)c1. The van der Waals surface area contributed by atoms with Gasteiger partial charge in [-0.3, -0.25) is 4.79 Å². The molecule has 3 rings (SSSR count). The topological polar surface area (TPSA) is 80.2 Å². The molecule has 1 aliphatic rings. The maximum atomic E-state index is 12.1. The van der Waals surface area contributed by atoms with Crippen molar-refractivity contribution in [3.63, 3.8) is 0 Å². The zero-order valence-electron chi connectivity index (χ0n) is 12.3. The van der Waals surface area contributed by atoms with Gasteiger partial charge in [-0.2, -0.15) is 0 Å². The number of aromatic nitrogens is 3. The van der Waals surface area contributed by atoms with Crippen LogP contribution in [0.1, 0.15) is 16.1 Å². The Labute approximate surface area is 128 Å². The standard InChI is InChI=1S/C15H17N5O2/c1-11-4-5-16-13(10-11)17-15(21)12-2-3-14(19-18-12)20-6-8-22-9-7-20/h2-5,10H,6-9H2,1H3,(H,16,17,21). The highest BCUT2D eigenvalue weighted by atomic mass is 16.5. The first-order chi connectivity index (χ1) is 10.7. The van der Waals surface area contributed by atoms with Crippen LogP contribution in [0.25, 0.3) is 0 Å². The van der Waals surface area contributed by atoms with Crippen molar-refractivity contribution < 1.29 is 9.53 Å². The summed E-state index contributed by atoms with van der Waals surface area (Å²) in [6, 6.07) is 7.14. The van der Waals surface area contributed by atoms with Gasteiger partial charge in [0.2, 0.25) is 0 Å². The zero-order valence-corrected chi connectivity index (χ0v) is 12.3. The lowest BCUT2D eigenvalue weighted by Gasteiger charge is -2.27. The number of rotatable bonds is 3. The van der Waals surface area contributed by atoms with Gasteiger partial charge in [-0.15, -0.1) is 10.2 Å². The lowest BCUT2D eigenvalue weighted by atomic mass is 10.3. The molecule has 1 aliphatic heterocycles. The van der Waals surface area contributed by atoms with E-state index in [0.717, 1.165) is 24.5 Å². The molecule has 0 unspecified atom stereocenters. The molecule has 0 aromatic carbocycles. The number of morpholine rings is 1. The number of nitrogens with zero attached hydrogens (tertiary/aromatic N) is 4. The summed E-state index contributed by atoms with van der Waals surface area (Å²) in [5.41, 5.74) is 1.29. The highest BCUT2D eigenvalue weighted by Gasteiger charge is 2.14. The molecule has 114 valence electrons. The number of ether oxygens (including phenoxy) is 1. The highest BCUT2D eigenvalue weighted by Crippen LogP contribution is 2.12. The minimum Gasteiger partial charge on any atom is -0.378 e. The zero-order chi connectivity index (χ0) is 15.4. The Hall–Kier alpha value is -2.54. The minimum absolute atomic E-state index is 0.264. The Morgan fingerprint density at radius 2 is 2.05 bits per heavy atom. The van der Waals surface area contributed by atoms with Crippen molar-refractivity contribution in [3.05, 3.63) is 41.7 Å². The predicted molar refractivity (Wildman–Crippen MR) is 82.0 cm³/mol. The second-order valence-corrected chi connectivity index (χ2v) is 5.05. The molecule has 7 heteroatoms. The number of amides is 1. The number of hydrogen-bond donors (Lipinski definition) is 1. The highest BCUT2D eigenvalue weighted by molar-refractivity contribution is 6.02. The third-order valence-corrected chi connectivity index (χ3v) is 3.38. The summed E-state index contributed by atoms with van der Waals surface area (Å²) in [6.45, 7) is 4.88. The minimum atomic E-state index is -0.320. The molecule has 2 aromatic heterocycles. The van der Waals surface area contributed by atoms with Crippen LogP contribution in [0.4, 0.5) is 11.6 Å². The number of carbonyl (C=O) groups excluding carboxylic acids is 1. The molecule has 7 nitrogen and oxygen atoms in total. The van der Waals surface area contributed by atoms with Gasteiger partial charge in [0.15, 0.2) is 11.5 Å². The van der Waals surface area contributed by atoms with Gasteiger partial charge in [-0.25, -0.2) is 4.98 Å². The largest absolute Gasteiger partial charge is 0.378 e. The molecule has 3 heterocycles. The number of pyridine rings is 1. The van der Waals surface area contributed by atoms with Gasteiger partial charge < -0.3 is 15.0 Å². The second-order valence-electron chi connectivity index (χ2n) is 5.05. The maximum Gasteiger partial charge on any atom is 0.277 e. The molecule has 1 fully saturated rings. The van der Waals surface area contributed by atoms with Crippen LogP contribution in [0.3, 0.4) is 0 Å². The molecule has 0 aliphatic carbocycles. The Balaban J connectivity index is 1.68. The summed E-state index contributed by atoms with van der Waals surface area (Å²) >= 11 is 0. The van der Waals surface area contributed by atoms with E-state index in [0.29, 0.717) is 19.0 Å². The van der Waals surface area contributed by atoms with Crippen LogP contribution in [0.15, 0.2) is 30.5 Å². The number of hydrogen-bond acceptors (Lipinski definition) is 6. The Kier molecular flexibility index (Phi) is 4.24. The molecule has 1 saturated heterocycles. The van der Waals surface area contributed by atoms with Gasteiger partial charge in [0.1, 0.15) is 5.82 Å². The predicted octanol–water partition coefficient (Wildman–Crippen LogP) is 1.27. The molecule has 1 N–H and O–H groups in total. The van der Waals surface area contributed by atoms with E-state index < -0.39 is 0 Å². The lowest BCUT2D eigenvalue weighted by molar-refractivity contribution is 0.102. The summed E-state index contributed by atoms with van der Waals surface area (Å²) in [4.78, 5) is 18.3. The van der Waals surface area contributed by atoms with Crippen LogP contribution >= 0.6 is 0 Å². The van der Waals surface area contributed by atoms with Crippen molar-refractivity contribution in [1.82, 2.24) is 15.2 Å². The first kappa shape index (κ1) is 14.4. The molecule has 0 bridgehead atoms. The number of nitrogens with one attached hydrogen (secondary N) is 1. The van der Waals surface area contributed by atoms with E-state index in [9.17, 15) is 4.79 Å². The molecule has 0 radical (unpaired) electrons. The number of anilines is 2. The average Bonchev–Trinajstić information content (AvgIpc) is 2.56. The van der Waals surface area contributed by atoms with E-state index in [1.54, 1.807) is 24.4 Å². The van der Waals surface area contributed by atoms with Crippen LogP contribution in [0.2, 0.25) is 0 Å². The third-order valence-electron chi connectivity index (χ3n) is 3.38. The van der Waals surface area contributed by atoms with Gasteiger partial charge in [0.05, 0.1) is 13.2 Å². The molecule has 0 atom stereocenters. The van der Waals surface area contributed by atoms with Gasteiger partial charge in [-0.1, -0.05) is 0 Å². The Bertz CT molecular complexity index is 653. The third kappa shape index (κ3) is 3.37. The molecule has 1 amide bonds. The molecular formula is C15H17N5O2. The van der Waals surface area contributed by atoms with Gasteiger partial charge in [0.25, 0.3) is 5.91 Å². The summed E-state index contributed by atoms with van der Waals surface area (Å²) in [7, 11) is 0. The van der Waals surface area contributed by atoms with E-state index >= 15 is 0 Å². The number of carbonyl (C=O) groups is 1. The van der Waals surface area contributed by atoms with Crippen molar-refractivity contribution in [3.8, 4) is 0 Å². The molecule has 2 aromatic rings. The van der Waals surface area contributed by atoms with Crippen molar-refractivity contribution in [2.75, 3.05) is 36.5 Å². The van der Waals surface area contributed by atoms with Gasteiger partial charge >= 0.3 is 0 Å². The Morgan fingerprint density at radius 1 is 1.23 bits per heavy atom. The van der Waals surface area contributed by atoms with Gasteiger partial charge in [-0.05, 0) is 36.8 Å². The monoisotopic (exact) mass is 299 g/mol. The van der Waals surface area contributed by atoms with Crippen LogP contribution in [-0.2, 0) is 4.74 Å². The maximum absolute atomic E-state index is 12.1. The molecule has 0 spiro atoms. The van der Waals surface area contributed by atoms with Crippen molar-refractivity contribution in [2.45, 2.75) is 6.92 Å². The summed E-state index contributed by atoms with van der Waals surface area (Å²) in [5, 5.41) is 10.8. The second kappa shape index (κ2) is 6.48. The van der Waals surface area contributed by atoms with Crippen molar-refractivity contribution in [2.24, 2.45) is 0 Å². The smallest absolute Gasteiger partial charge is 0.277 e. The van der Waals surface area contributed by atoms with E-state index in [4.69, 9.17) is 4.74 Å². The van der Waals surface area contributed by atoms with E-state index in [2.05, 4.69) is 25.4 Å². The fraction of sp³-hybridized carbons (Fsp3) is 0.333. The quantitative estimate of drug-likeness (QED) is 0.919. The van der Waals surface area contributed by atoms with E-state index in [1.165, 1.54) is 0 Å². The summed E-state index contributed by atoms with van der Waals surface area (Å²) in [6.07, 6.45) is 1.65. The molecule has 22 heavy (non-hydrogen) atoms. The first-order valence-corrected chi connectivity index (χ1v) is 7.13. The average molecular weight is 299 g/mol. The summed E-state index contributed by atoms with van der Waals surface area (Å²) in [5.74, 6) is 0.941. The normalized spacial score (nSPS) is 14.7. The fourth-order valence-corrected chi connectivity index (χ4v) is 2.19. The fourth-order valence-electron chi connectivity index (χ4n) is 2.19. The summed E-state index contributed by atoms with van der Waals surface area (Å²) < 4.78 is 5.30. The van der Waals surface area contributed by atoms with Gasteiger partial charge in [0, 0.05) is 19.3 Å². The van der Waals surface area contributed by atoms with E-state index in [1.807, 2.05) is 13.0 Å². The van der Waals surface area contributed by atoms with Crippen LogP contribution in [-0.4, -0.2) is 47.4 Å². The molecule has 0 saturated carbocycles. The first-order valence-electron chi connectivity index (χ1n) is 7.13. The van der Waals surface area contributed by atoms with Crippen LogP contribution < -0.4 is 10.2 Å². The van der Waals surface area contributed by atoms with Crippen LogP contribution in [0.5, 0.6) is 0 Å². The Morgan fingerprint density at radius 3 is 2.73 bits per heavy atom. The van der Waals surface area contributed by atoms with Crippen molar-refractivity contribution in [1.29, 1.82) is 0 Å². The van der Waals surface area contributed by atoms with E-state index in [-0.39, 0.29) is 11.6 Å².